The van der Waals surface area contributed by atoms with Gasteiger partial charge in [-0.15, -0.1) is 0 Å². The predicted octanol–water partition coefficient (Wildman–Crippen LogP) is 4.49. The Hall–Kier alpha value is -3.02. The summed E-state index contributed by atoms with van der Waals surface area (Å²) < 4.78 is 48.9. The highest BCUT2D eigenvalue weighted by molar-refractivity contribution is 7.90. The van der Waals surface area contributed by atoms with Gasteiger partial charge in [0.2, 0.25) is 11.9 Å². The molecule has 1 amide bonds. The Balaban J connectivity index is 1.65. The summed E-state index contributed by atoms with van der Waals surface area (Å²) in [6.45, 7) is 14.5. The van der Waals surface area contributed by atoms with Gasteiger partial charge >= 0.3 is 0 Å². The number of likely N-dealkylation sites (tertiary alicyclic amines) is 1. The maximum absolute atomic E-state index is 13.5. The quantitative estimate of drug-likeness (QED) is 0.182. The van der Waals surface area contributed by atoms with Gasteiger partial charge in [-0.05, 0) is 101 Å². The third-order valence-corrected chi connectivity index (χ3v) is 11.1. The normalized spacial score (nSPS) is 19.6. The van der Waals surface area contributed by atoms with Gasteiger partial charge in [-0.25, -0.2) is 17.5 Å². The van der Waals surface area contributed by atoms with Crippen LogP contribution >= 0.6 is 0 Å². The van der Waals surface area contributed by atoms with E-state index in [0.29, 0.717) is 36.9 Å². The molecule has 2 aliphatic rings. The number of ketones is 2. The molecule has 1 fully saturated rings. The van der Waals surface area contributed by atoms with Crippen molar-refractivity contribution in [2.45, 2.75) is 117 Å². The summed E-state index contributed by atoms with van der Waals surface area (Å²) in [6, 6.07) is -0.603. The van der Waals surface area contributed by atoms with E-state index < -0.39 is 34.4 Å². The molecule has 3 atom stereocenters. The molecule has 0 unspecified atom stereocenters. The molecule has 45 heavy (non-hydrogen) atoms. The highest BCUT2D eigenvalue weighted by Crippen LogP contribution is 2.42. The molecule has 0 radical (unpaired) electrons. The van der Waals surface area contributed by atoms with Crippen LogP contribution in [-0.4, -0.2) is 68.2 Å². The molecule has 0 aromatic heterocycles. The number of benzene rings is 1. The first-order valence-corrected chi connectivity index (χ1v) is 17.5. The average molecular weight is 651 g/mol. The number of halogens is 1. The molecule has 0 spiro atoms. The number of hydrogen-bond acceptors (Lipinski definition) is 7. The zero-order valence-corrected chi connectivity index (χ0v) is 28.9. The largest absolute Gasteiger partial charge is 0.487 e. The number of carbonyl (C=O) groups excluding carboxylic acids is 3. The third-order valence-electron chi connectivity index (χ3n) is 9.50. The molecule has 0 bridgehead atoms. The van der Waals surface area contributed by atoms with Crippen molar-refractivity contribution in [3.8, 4) is 5.75 Å². The molecular formula is C33H51FN4O6S. The average Bonchev–Trinajstić information content (AvgIpc) is 3.45. The predicted molar refractivity (Wildman–Crippen MR) is 173 cm³/mol. The number of nitrogens with one attached hydrogen (secondary N) is 1. The number of rotatable bonds is 13. The van der Waals surface area contributed by atoms with Gasteiger partial charge in [0.1, 0.15) is 18.0 Å². The van der Waals surface area contributed by atoms with Crippen LogP contribution in [0.4, 0.5) is 4.39 Å². The second-order valence-corrected chi connectivity index (χ2v) is 15.2. The number of sulfonamides is 1. The fraction of sp³-hybridized carbons (Fsp3) is 0.697. The molecule has 1 saturated heterocycles. The van der Waals surface area contributed by atoms with Gasteiger partial charge in [0.25, 0.3) is 10.0 Å². The van der Waals surface area contributed by atoms with E-state index in [1.807, 2.05) is 41.5 Å². The van der Waals surface area contributed by atoms with E-state index in [4.69, 9.17) is 10.5 Å². The van der Waals surface area contributed by atoms with Crippen molar-refractivity contribution in [1.82, 2.24) is 9.62 Å². The molecule has 2 aliphatic heterocycles. The fourth-order valence-corrected chi connectivity index (χ4v) is 7.81. The minimum absolute atomic E-state index is 0.0721. The summed E-state index contributed by atoms with van der Waals surface area (Å²) in [6.07, 6.45) is 2.98. The van der Waals surface area contributed by atoms with Crippen molar-refractivity contribution in [2.24, 2.45) is 28.5 Å². The van der Waals surface area contributed by atoms with Crippen molar-refractivity contribution in [2.75, 3.05) is 19.8 Å². The van der Waals surface area contributed by atoms with Crippen LogP contribution in [0.2, 0.25) is 0 Å². The van der Waals surface area contributed by atoms with Gasteiger partial charge in [0.15, 0.2) is 11.6 Å². The van der Waals surface area contributed by atoms with Crippen molar-refractivity contribution < 1.29 is 31.9 Å². The standard InChI is InChI=1S/C33H51FN4O6S/c1-19(2)20(3)31(41)38-16-10-12-26(38)27(39)17-24(28(40)18-34)11-9-15-36-32(35)37-45(42,43)30-22(5)21(4)29-25(23(30)6)13-14-33(7,8)44-29/h19-20,24,26H,9-18H2,1-8H3,(H3,35,36,37)/t20-,24+,26-/m0/s1. The number of alkyl halides is 1. The van der Waals surface area contributed by atoms with Crippen LogP contribution in [0.1, 0.15) is 95.4 Å². The molecular weight excluding hydrogens is 599 g/mol. The van der Waals surface area contributed by atoms with Crippen LogP contribution in [0.3, 0.4) is 0 Å². The van der Waals surface area contributed by atoms with Crippen LogP contribution in [0.5, 0.6) is 5.75 Å². The Morgan fingerprint density at radius 3 is 2.42 bits per heavy atom. The maximum Gasteiger partial charge on any atom is 0.264 e. The second kappa shape index (κ2) is 14.6. The minimum atomic E-state index is -4.07. The van der Waals surface area contributed by atoms with E-state index in [1.165, 1.54) is 0 Å². The van der Waals surface area contributed by atoms with Crippen LogP contribution in [0.25, 0.3) is 0 Å². The van der Waals surface area contributed by atoms with E-state index in [9.17, 15) is 27.2 Å². The molecule has 1 aromatic rings. The highest BCUT2D eigenvalue weighted by Gasteiger charge is 2.38. The summed E-state index contributed by atoms with van der Waals surface area (Å²) in [5.74, 6) is -1.51. The number of nitrogens with two attached hydrogens (primary N) is 1. The number of carbonyl (C=O) groups is 3. The van der Waals surface area contributed by atoms with Crippen LogP contribution in [0.15, 0.2) is 9.89 Å². The Kier molecular flexibility index (Phi) is 11.8. The van der Waals surface area contributed by atoms with Crippen molar-refractivity contribution in [1.29, 1.82) is 0 Å². The number of ether oxygens (including phenoxy) is 1. The van der Waals surface area contributed by atoms with Gasteiger partial charge in [-0.3, -0.25) is 19.4 Å². The molecule has 10 nitrogen and oxygen atoms in total. The summed E-state index contributed by atoms with van der Waals surface area (Å²) >= 11 is 0. The van der Waals surface area contributed by atoms with Gasteiger partial charge in [0, 0.05) is 31.3 Å². The Bertz CT molecular complexity index is 1440. The molecule has 0 saturated carbocycles. The number of nitrogens with zero attached hydrogens (tertiary/aromatic N) is 2. The lowest BCUT2D eigenvalue weighted by atomic mass is 9.88. The van der Waals surface area contributed by atoms with Gasteiger partial charge in [-0.2, -0.15) is 0 Å². The monoisotopic (exact) mass is 650 g/mol. The SMILES string of the molecule is Cc1c(C)c(S(=O)(=O)NC(N)=NCCC[C@H](CC(=O)[C@@H]2CCCN2C(=O)[C@@H](C)C(C)C)C(=O)CF)c(C)c2c1OC(C)(C)CC2. The molecule has 12 heteroatoms. The highest BCUT2D eigenvalue weighted by atomic mass is 32.2. The third kappa shape index (κ3) is 8.42. The first-order chi connectivity index (χ1) is 20.9. The van der Waals surface area contributed by atoms with E-state index in [1.54, 1.807) is 18.7 Å². The zero-order valence-electron chi connectivity index (χ0n) is 28.1. The lowest BCUT2D eigenvalue weighted by Crippen LogP contribution is -2.44. The van der Waals surface area contributed by atoms with E-state index in [0.717, 1.165) is 23.3 Å². The van der Waals surface area contributed by atoms with Crippen molar-refractivity contribution >= 4 is 33.5 Å². The minimum Gasteiger partial charge on any atom is -0.487 e. The van der Waals surface area contributed by atoms with Crippen molar-refractivity contribution in [3.05, 3.63) is 22.3 Å². The maximum atomic E-state index is 13.5. The summed E-state index contributed by atoms with van der Waals surface area (Å²) in [4.78, 5) is 44.5. The van der Waals surface area contributed by atoms with E-state index in [-0.39, 0.29) is 65.8 Å². The number of guanidine groups is 1. The summed E-state index contributed by atoms with van der Waals surface area (Å²) in [5, 5.41) is 0. The number of amides is 1. The number of aliphatic imine (C=N–C) groups is 1. The molecule has 3 rings (SSSR count). The van der Waals surface area contributed by atoms with E-state index >= 15 is 0 Å². The molecule has 252 valence electrons. The Labute approximate surface area is 267 Å². The number of Topliss-reactive ketones (excluding diaryl/α,β-unsaturated/α-hetero) is 2. The Morgan fingerprint density at radius 2 is 1.80 bits per heavy atom. The summed E-state index contributed by atoms with van der Waals surface area (Å²) in [7, 11) is -4.07. The van der Waals surface area contributed by atoms with E-state index in [2.05, 4.69) is 9.71 Å². The molecule has 2 heterocycles. The topological polar surface area (TPSA) is 148 Å². The Morgan fingerprint density at radius 1 is 1.13 bits per heavy atom. The summed E-state index contributed by atoms with van der Waals surface area (Å²) in [5.41, 5.74) is 8.46. The number of hydrogen-bond donors (Lipinski definition) is 2. The first-order valence-electron chi connectivity index (χ1n) is 16.0. The molecule has 3 N–H and O–H groups in total. The van der Waals surface area contributed by atoms with Crippen LogP contribution in [0, 0.1) is 38.5 Å². The van der Waals surface area contributed by atoms with Crippen LogP contribution < -0.4 is 15.2 Å². The smallest absolute Gasteiger partial charge is 0.264 e. The van der Waals surface area contributed by atoms with Crippen LogP contribution in [-0.2, 0) is 30.8 Å². The number of fused-ring (bicyclic) bond motifs is 1. The lowest BCUT2D eigenvalue weighted by Gasteiger charge is -2.35. The first kappa shape index (κ1) is 36.4. The zero-order chi connectivity index (χ0) is 33.9. The van der Waals surface area contributed by atoms with Gasteiger partial charge < -0.3 is 15.4 Å². The fourth-order valence-electron chi connectivity index (χ4n) is 6.29. The molecule has 0 aliphatic carbocycles. The second-order valence-electron chi connectivity index (χ2n) is 13.6. The van der Waals surface area contributed by atoms with Gasteiger partial charge in [-0.1, -0.05) is 20.8 Å². The molecule has 1 aromatic carbocycles. The van der Waals surface area contributed by atoms with Gasteiger partial charge in [0.05, 0.1) is 10.9 Å². The lowest BCUT2D eigenvalue weighted by molar-refractivity contribution is -0.142. The van der Waals surface area contributed by atoms with Crippen molar-refractivity contribution in [3.63, 3.8) is 0 Å².